The Morgan fingerprint density at radius 3 is 2.66 bits per heavy atom. The van der Waals surface area contributed by atoms with Crippen molar-refractivity contribution in [2.75, 3.05) is 13.1 Å². The molecule has 3 heterocycles. The van der Waals surface area contributed by atoms with E-state index in [9.17, 15) is 25.1 Å². The third-order valence-electron chi connectivity index (χ3n) is 5.82. The Morgan fingerprint density at radius 2 is 1.97 bits per heavy atom. The quantitative estimate of drug-likeness (QED) is 0.435. The average Bonchev–Trinajstić information content (AvgIpc) is 3.24. The maximum atomic E-state index is 13.0. The highest BCUT2D eigenvalue weighted by atomic mass is 35.5. The Bertz CT molecular complexity index is 1100. The van der Waals surface area contributed by atoms with Crippen molar-refractivity contribution in [3.8, 4) is 0 Å². The minimum Gasteiger partial charge on any atom is -0.368 e. The van der Waals surface area contributed by atoms with Crippen LogP contribution in [0.25, 0.3) is 0 Å². The number of pyridine rings is 1. The summed E-state index contributed by atoms with van der Waals surface area (Å²) in [7, 11) is 0. The molecule has 10 heteroatoms. The molecule has 2 aromatic rings. The van der Waals surface area contributed by atoms with E-state index in [1.54, 1.807) is 35.4 Å². The number of Topliss-reactive ketones (excluding diaryl/α,β-unsaturated/α-hetero) is 1. The van der Waals surface area contributed by atoms with Crippen molar-refractivity contribution in [3.63, 3.8) is 0 Å². The summed E-state index contributed by atoms with van der Waals surface area (Å²) >= 11 is 5.81. The number of nitro groups is 1. The number of hydrogen-bond donors (Lipinski definition) is 2. The summed E-state index contributed by atoms with van der Waals surface area (Å²) in [4.78, 5) is 31.3. The first-order valence-corrected chi connectivity index (χ1v) is 9.29. The maximum absolute atomic E-state index is 13.0. The molecule has 1 fully saturated rings. The Labute approximate surface area is 169 Å². The number of benzene rings is 1. The van der Waals surface area contributed by atoms with Crippen LogP contribution in [0.3, 0.4) is 0 Å². The number of halogens is 1. The van der Waals surface area contributed by atoms with Gasteiger partial charge in [-0.25, -0.2) is 4.98 Å². The molecule has 0 radical (unpaired) electrons. The molecule has 1 saturated heterocycles. The molecule has 0 amide bonds. The van der Waals surface area contributed by atoms with Gasteiger partial charge in [0.15, 0.2) is 5.82 Å². The smallest absolute Gasteiger partial charge is 0.331 e. The van der Waals surface area contributed by atoms with Crippen LogP contribution >= 0.6 is 11.6 Å². The van der Waals surface area contributed by atoms with Crippen molar-refractivity contribution >= 4 is 17.4 Å². The zero-order valence-electron chi connectivity index (χ0n) is 14.9. The van der Waals surface area contributed by atoms with E-state index in [4.69, 9.17) is 11.6 Å². The average molecular weight is 415 g/mol. The van der Waals surface area contributed by atoms with Gasteiger partial charge in [0.25, 0.3) is 5.60 Å². The highest BCUT2D eigenvalue weighted by Crippen LogP contribution is 2.58. The van der Waals surface area contributed by atoms with Crippen LogP contribution in [0.15, 0.2) is 54.1 Å². The summed E-state index contributed by atoms with van der Waals surface area (Å²) in [5.74, 6) is -0.838. The summed E-state index contributed by atoms with van der Waals surface area (Å²) in [5.41, 5.74) is -4.64. The fourth-order valence-electron chi connectivity index (χ4n) is 4.59. The predicted molar refractivity (Wildman–Crippen MR) is 100 cm³/mol. The van der Waals surface area contributed by atoms with Gasteiger partial charge in [-0.05, 0) is 11.6 Å². The second-order valence-corrected chi connectivity index (χ2v) is 7.64. The van der Waals surface area contributed by atoms with E-state index < -0.39 is 27.7 Å². The molecule has 0 saturated carbocycles. The minimum absolute atomic E-state index is 0.0396. The number of hydrogen-bond acceptors (Lipinski definition) is 8. The summed E-state index contributed by atoms with van der Waals surface area (Å²) in [6.07, 6.45) is 1.55. The molecule has 1 aliphatic carbocycles. The maximum Gasteiger partial charge on any atom is 0.331 e. The second kappa shape index (κ2) is 5.76. The minimum atomic E-state index is -2.69. The van der Waals surface area contributed by atoms with Crippen LogP contribution in [0.1, 0.15) is 21.5 Å². The topological polar surface area (TPSA) is 120 Å². The first-order valence-electron chi connectivity index (χ1n) is 8.91. The number of nitrogens with zero attached hydrogens (tertiary/aromatic N) is 4. The van der Waals surface area contributed by atoms with Crippen molar-refractivity contribution in [3.05, 3.63) is 86.1 Å². The number of ketones is 1. The van der Waals surface area contributed by atoms with E-state index in [1.165, 1.54) is 17.0 Å². The molecule has 29 heavy (non-hydrogen) atoms. The van der Waals surface area contributed by atoms with Crippen LogP contribution in [0.5, 0.6) is 0 Å². The Hall–Kier alpha value is -3.01. The molecule has 2 unspecified atom stereocenters. The molecule has 1 aromatic carbocycles. The van der Waals surface area contributed by atoms with Gasteiger partial charge in [0.05, 0.1) is 4.92 Å². The summed E-state index contributed by atoms with van der Waals surface area (Å²) < 4.78 is 0. The summed E-state index contributed by atoms with van der Waals surface area (Å²) in [5, 5.41) is 35.3. The Balaban J connectivity index is 1.66. The van der Waals surface area contributed by atoms with Crippen molar-refractivity contribution in [2.45, 2.75) is 17.9 Å². The summed E-state index contributed by atoms with van der Waals surface area (Å²) in [6, 6.07) is 9.52. The molecule has 5 rings (SSSR count). The first-order chi connectivity index (χ1) is 13.8. The number of carbonyl (C=O) groups is 1. The van der Waals surface area contributed by atoms with Gasteiger partial charge in [0.2, 0.25) is 11.5 Å². The Kier molecular flexibility index (Phi) is 3.58. The lowest BCUT2D eigenvalue weighted by Crippen LogP contribution is -2.57. The van der Waals surface area contributed by atoms with Gasteiger partial charge < -0.3 is 20.0 Å². The zero-order valence-corrected chi connectivity index (χ0v) is 15.7. The SMILES string of the molecule is O=C1c2ccccc2C2(O)N3CCN(Cc4ccc(Cl)nc4)C3=C([N+](=O)[O-])C12O. The van der Waals surface area contributed by atoms with Crippen molar-refractivity contribution in [1.82, 2.24) is 14.8 Å². The number of aromatic nitrogens is 1. The largest absolute Gasteiger partial charge is 0.368 e. The highest BCUT2D eigenvalue weighted by molar-refractivity contribution is 6.29. The molecule has 2 atom stereocenters. The van der Waals surface area contributed by atoms with Crippen LogP contribution in [-0.4, -0.2) is 54.4 Å². The van der Waals surface area contributed by atoms with Crippen molar-refractivity contribution in [1.29, 1.82) is 0 Å². The monoisotopic (exact) mass is 414 g/mol. The van der Waals surface area contributed by atoms with E-state index in [2.05, 4.69) is 4.98 Å². The van der Waals surface area contributed by atoms with Gasteiger partial charge in [0.1, 0.15) is 5.15 Å². The molecule has 0 spiro atoms. The predicted octanol–water partition coefficient (Wildman–Crippen LogP) is 1.08. The standard InChI is InChI=1S/C19H15ClN4O5/c20-14-6-5-11(9-21-14)10-22-7-8-23-17(22)15(24(28)29)18(26)16(25)12-3-1-2-4-13(12)19(18,23)27/h1-6,9,26-27H,7-8,10H2. The molecule has 0 bridgehead atoms. The van der Waals surface area contributed by atoms with Crippen molar-refractivity contribution in [2.24, 2.45) is 0 Å². The van der Waals surface area contributed by atoms with Gasteiger partial charge in [-0.15, -0.1) is 0 Å². The van der Waals surface area contributed by atoms with E-state index >= 15 is 0 Å². The molecule has 9 nitrogen and oxygen atoms in total. The number of rotatable bonds is 3. The van der Waals surface area contributed by atoms with Gasteiger partial charge >= 0.3 is 5.70 Å². The normalized spacial score (nSPS) is 27.3. The molecule has 2 aliphatic heterocycles. The van der Waals surface area contributed by atoms with Gasteiger partial charge in [-0.2, -0.15) is 0 Å². The van der Waals surface area contributed by atoms with E-state index in [0.29, 0.717) is 11.7 Å². The van der Waals surface area contributed by atoms with E-state index in [1.807, 2.05) is 0 Å². The fourth-order valence-corrected chi connectivity index (χ4v) is 4.70. The van der Waals surface area contributed by atoms with Gasteiger partial charge in [0, 0.05) is 37.0 Å². The lowest BCUT2D eigenvalue weighted by Gasteiger charge is -2.36. The first kappa shape index (κ1) is 18.0. The highest BCUT2D eigenvalue weighted by Gasteiger charge is 2.78. The molecule has 3 aliphatic rings. The Morgan fingerprint density at radius 1 is 1.21 bits per heavy atom. The van der Waals surface area contributed by atoms with Crippen LogP contribution in [-0.2, 0) is 12.3 Å². The van der Waals surface area contributed by atoms with Crippen molar-refractivity contribution < 1.29 is 19.9 Å². The fraction of sp³-hybridized carbons (Fsp3) is 0.263. The molecular weight excluding hydrogens is 400 g/mol. The van der Waals surface area contributed by atoms with Crippen LogP contribution in [0.2, 0.25) is 5.15 Å². The third kappa shape index (κ3) is 2.06. The van der Waals surface area contributed by atoms with Crippen LogP contribution in [0.4, 0.5) is 0 Å². The second-order valence-electron chi connectivity index (χ2n) is 7.25. The van der Waals surface area contributed by atoms with Crippen LogP contribution < -0.4 is 0 Å². The van der Waals surface area contributed by atoms with Gasteiger partial charge in [-0.1, -0.05) is 41.9 Å². The van der Waals surface area contributed by atoms with Crippen LogP contribution in [0, 0.1) is 10.1 Å². The number of carbonyl (C=O) groups excluding carboxylic acids is 1. The molecule has 2 N–H and O–H groups in total. The third-order valence-corrected chi connectivity index (χ3v) is 6.04. The van der Waals surface area contributed by atoms with E-state index in [0.717, 1.165) is 5.56 Å². The molecule has 1 aromatic heterocycles. The van der Waals surface area contributed by atoms with Gasteiger partial charge in [-0.3, -0.25) is 14.9 Å². The molecular formula is C19H15ClN4O5. The lowest BCUT2D eigenvalue weighted by molar-refractivity contribution is -0.445. The molecule has 148 valence electrons. The number of aliphatic hydroxyl groups is 2. The zero-order chi connectivity index (χ0) is 20.6. The van der Waals surface area contributed by atoms with E-state index in [-0.39, 0.29) is 30.0 Å². The number of fused-ring (bicyclic) bond motifs is 5. The lowest BCUT2D eigenvalue weighted by atomic mass is 9.89. The summed E-state index contributed by atoms with van der Waals surface area (Å²) in [6.45, 7) is 0.813.